The monoisotopic (exact) mass is 336 g/mol. The number of carbonyl (C=O) groups is 1. The summed E-state index contributed by atoms with van der Waals surface area (Å²) in [6.07, 6.45) is 3.66. The Bertz CT molecular complexity index is 687. The number of anilines is 1. The smallest absolute Gasteiger partial charge is 0.323 e. The third-order valence-electron chi connectivity index (χ3n) is 3.82. The van der Waals surface area contributed by atoms with Gasteiger partial charge in [0.05, 0.1) is 19.1 Å². The second kappa shape index (κ2) is 8.02. The minimum absolute atomic E-state index is 0.00561. The summed E-state index contributed by atoms with van der Waals surface area (Å²) >= 11 is 0. The molecule has 132 valence electrons. The van der Waals surface area contributed by atoms with E-state index in [4.69, 9.17) is 16.2 Å². The molecule has 0 fully saturated rings. The number of nitrogen functional groups attached to an aromatic ring is 1. The van der Waals surface area contributed by atoms with Crippen molar-refractivity contribution in [2.24, 2.45) is 17.6 Å². The van der Waals surface area contributed by atoms with Crippen LogP contribution in [0.25, 0.3) is 11.2 Å². The van der Waals surface area contributed by atoms with Crippen molar-refractivity contribution in [1.82, 2.24) is 19.5 Å². The van der Waals surface area contributed by atoms with Gasteiger partial charge < -0.3 is 25.9 Å². The van der Waals surface area contributed by atoms with Crippen LogP contribution in [0, 0.1) is 11.8 Å². The van der Waals surface area contributed by atoms with Gasteiger partial charge in [-0.2, -0.15) is 4.98 Å². The molecule has 0 aliphatic rings. The average molecular weight is 336 g/mol. The van der Waals surface area contributed by atoms with Crippen LogP contribution < -0.4 is 11.5 Å². The van der Waals surface area contributed by atoms with Crippen LogP contribution in [0.4, 0.5) is 5.95 Å². The molecule has 9 nitrogen and oxygen atoms in total. The molecule has 0 aliphatic carbocycles. The van der Waals surface area contributed by atoms with Gasteiger partial charge in [-0.05, 0) is 12.3 Å². The van der Waals surface area contributed by atoms with Gasteiger partial charge in [-0.15, -0.1) is 0 Å². The predicted molar refractivity (Wildman–Crippen MR) is 88.7 cm³/mol. The molecule has 2 heterocycles. The predicted octanol–water partition coefficient (Wildman–Crippen LogP) is -0.0664. The Morgan fingerprint density at radius 3 is 2.83 bits per heavy atom. The standard InChI is InChI=1S/C15H24N6O3/c1-9(2)12(16)14(23)24-7-10(3-4-22)6-21-8-19-11-5-18-15(17)20-13(11)21/h5,8-10,12,22H,3-4,6-7,16H2,1-2H3,(H2,17,18,20)/t10?,12-/m0/s1. The first-order valence-corrected chi connectivity index (χ1v) is 7.88. The molecule has 0 spiro atoms. The van der Waals surface area contributed by atoms with Crippen LogP contribution in [0.15, 0.2) is 12.5 Å². The van der Waals surface area contributed by atoms with Crippen molar-refractivity contribution >= 4 is 23.1 Å². The van der Waals surface area contributed by atoms with Crippen LogP contribution in [0.5, 0.6) is 0 Å². The van der Waals surface area contributed by atoms with Crippen molar-refractivity contribution in [3.63, 3.8) is 0 Å². The SMILES string of the molecule is CC(C)[C@H](N)C(=O)OCC(CCO)Cn1cnc2cnc(N)nc21. The second-order valence-electron chi connectivity index (χ2n) is 6.11. The minimum atomic E-state index is -0.651. The normalized spacial score (nSPS) is 14.0. The number of hydrogen-bond donors (Lipinski definition) is 3. The third-order valence-corrected chi connectivity index (χ3v) is 3.82. The van der Waals surface area contributed by atoms with E-state index >= 15 is 0 Å². The lowest BCUT2D eigenvalue weighted by Crippen LogP contribution is -2.38. The van der Waals surface area contributed by atoms with E-state index in [9.17, 15) is 9.90 Å². The molecule has 0 saturated carbocycles. The van der Waals surface area contributed by atoms with Crippen LogP contribution in [-0.4, -0.2) is 49.9 Å². The number of fused-ring (bicyclic) bond motifs is 1. The Labute approximate surface area is 140 Å². The molecule has 1 unspecified atom stereocenters. The van der Waals surface area contributed by atoms with Crippen LogP contribution >= 0.6 is 0 Å². The summed E-state index contributed by atoms with van der Waals surface area (Å²) in [6.45, 7) is 4.36. The summed E-state index contributed by atoms with van der Waals surface area (Å²) in [6, 6.07) is -0.651. The van der Waals surface area contributed by atoms with Crippen molar-refractivity contribution in [3.05, 3.63) is 12.5 Å². The lowest BCUT2D eigenvalue weighted by Gasteiger charge is -2.19. The highest BCUT2D eigenvalue weighted by Gasteiger charge is 2.21. The van der Waals surface area contributed by atoms with E-state index in [1.54, 1.807) is 12.5 Å². The van der Waals surface area contributed by atoms with Crippen molar-refractivity contribution in [3.8, 4) is 0 Å². The van der Waals surface area contributed by atoms with E-state index in [0.29, 0.717) is 24.1 Å². The number of aromatic nitrogens is 4. The van der Waals surface area contributed by atoms with E-state index in [1.807, 2.05) is 18.4 Å². The van der Waals surface area contributed by atoms with Crippen LogP contribution in [0.3, 0.4) is 0 Å². The highest BCUT2D eigenvalue weighted by molar-refractivity contribution is 5.75. The first kappa shape index (κ1) is 18.1. The lowest BCUT2D eigenvalue weighted by molar-refractivity contribution is -0.148. The number of imidazole rings is 1. The maximum Gasteiger partial charge on any atom is 0.323 e. The van der Waals surface area contributed by atoms with E-state index in [0.717, 1.165) is 0 Å². The van der Waals surface area contributed by atoms with E-state index in [-0.39, 0.29) is 31.0 Å². The summed E-state index contributed by atoms with van der Waals surface area (Å²) in [5.41, 5.74) is 12.6. The quantitative estimate of drug-likeness (QED) is 0.569. The zero-order chi connectivity index (χ0) is 17.7. The summed E-state index contributed by atoms with van der Waals surface area (Å²) < 4.78 is 7.11. The molecule has 2 aromatic heterocycles. The van der Waals surface area contributed by atoms with E-state index in [1.165, 1.54) is 0 Å². The number of ether oxygens (including phenoxy) is 1. The zero-order valence-corrected chi connectivity index (χ0v) is 13.9. The number of aliphatic hydroxyl groups excluding tert-OH is 1. The number of rotatable bonds is 8. The number of nitrogens with two attached hydrogens (primary N) is 2. The Balaban J connectivity index is 2.04. The van der Waals surface area contributed by atoms with Crippen molar-refractivity contribution < 1.29 is 14.6 Å². The molecule has 0 aromatic carbocycles. The van der Waals surface area contributed by atoms with Gasteiger partial charge in [0.15, 0.2) is 5.65 Å². The first-order chi connectivity index (χ1) is 11.4. The maximum absolute atomic E-state index is 11.9. The first-order valence-electron chi connectivity index (χ1n) is 7.88. The van der Waals surface area contributed by atoms with Gasteiger partial charge in [-0.3, -0.25) is 4.79 Å². The maximum atomic E-state index is 11.9. The average Bonchev–Trinajstić information content (AvgIpc) is 2.93. The second-order valence-corrected chi connectivity index (χ2v) is 6.11. The highest BCUT2D eigenvalue weighted by atomic mass is 16.5. The lowest BCUT2D eigenvalue weighted by atomic mass is 10.1. The Kier molecular flexibility index (Phi) is 6.04. The molecule has 2 rings (SSSR count). The largest absolute Gasteiger partial charge is 0.464 e. The fraction of sp³-hybridized carbons (Fsp3) is 0.600. The number of aliphatic hydroxyl groups is 1. The third kappa shape index (κ3) is 4.39. The molecule has 5 N–H and O–H groups in total. The molecule has 0 saturated heterocycles. The van der Waals surface area contributed by atoms with Gasteiger partial charge in [0.1, 0.15) is 11.6 Å². The molecule has 0 bridgehead atoms. The molecule has 24 heavy (non-hydrogen) atoms. The Morgan fingerprint density at radius 1 is 1.42 bits per heavy atom. The number of carbonyl (C=O) groups excluding carboxylic acids is 1. The summed E-state index contributed by atoms with van der Waals surface area (Å²) in [5.74, 6) is -0.356. The van der Waals surface area contributed by atoms with Gasteiger partial charge in [0, 0.05) is 19.1 Å². The van der Waals surface area contributed by atoms with E-state index < -0.39 is 12.0 Å². The number of nitrogens with zero attached hydrogens (tertiary/aromatic N) is 4. The fourth-order valence-corrected chi connectivity index (χ4v) is 2.26. The Morgan fingerprint density at radius 2 is 2.17 bits per heavy atom. The molecular weight excluding hydrogens is 312 g/mol. The van der Waals surface area contributed by atoms with Crippen molar-refractivity contribution in [2.45, 2.75) is 32.9 Å². The topological polar surface area (TPSA) is 142 Å². The van der Waals surface area contributed by atoms with Gasteiger partial charge in [-0.1, -0.05) is 13.8 Å². The molecule has 0 radical (unpaired) electrons. The summed E-state index contributed by atoms with van der Waals surface area (Å²) in [7, 11) is 0. The molecule has 2 aromatic rings. The van der Waals surface area contributed by atoms with Crippen molar-refractivity contribution in [2.75, 3.05) is 18.9 Å². The molecule has 2 atom stereocenters. The molecular formula is C15H24N6O3. The molecule has 9 heteroatoms. The molecule has 0 amide bonds. The zero-order valence-electron chi connectivity index (χ0n) is 13.9. The van der Waals surface area contributed by atoms with Gasteiger partial charge in [-0.25, -0.2) is 9.97 Å². The highest BCUT2D eigenvalue weighted by Crippen LogP contribution is 2.15. The number of hydrogen-bond acceptors (Lipinski definition) is 8. The van der Waals surface area contributed by atoms with Gasteiger partial charge in [0.2, 0.25) is 5.95 Å². The number of esters is 1. The minimum Gasteiger partial charge on any atom is -0.464 e. The fourth-order valence-electron chi connectivity index (χ4n) is 2.26. The summed E-state index contributed by atoms with van der Waals surface area (Å²) in [4.78, 5) is 24.2. The van der Waals surface area contributed by atoms with E-state index in [2.05, 4.69) is 15.0 Å². The van der Waals surface area contributed by atoms with Crippen LogP contribution in [0.1, 0.15) is 20.3 Å². The van der Waals surface area contributed by atoms with Crippen molar-refractivity contribution in [1.29, 1.82) is 0 Å². The Hall–Kier alpha value is -2.26. The van der Waals surface area contributed by atoms with Crippen LogP contribution in [0.2, 0.25) is 0 Å². The van der Waals surface area contributed by atoms with Gasteiger partial charge in [0.25, 0.3) is 0 Å². The van der Waals surface area contributed by atoms with Crippen LogP contribution in [-0.2, 0) is 16.1 Å². The van der Waals surface area contributed by atoms with Gasteiger partial charge >= 0.3 is 5.97 Å². The molecule has 0 aliphatic heterocycles. The summed E-state index contributed by atoms with van der Waals surface area (Å²) in [5, 5.41) is 9.25.